The minimum atomic E-state index is -4.49. The Morgan fingerprint density at radius 2 is 1.96 bits per heavy atom. The topological polar surface area (TPSA) is 58.0 Å². The van der Waals surface area contributed by atoms with Crippen molar-refractivity contribution in [2.24, 2.45) is 0 Å². The van der Waals surface area contributed by atoms with Gasteiger partial charge in [-0.15, -0.1) is 11.3 Å². The van der Waals surface area contributed by atoms with Crippen molar-refractivity contribution in [3.63, 3.8) is 0 Å². The maximum atomic E-state index is 13.2. The number of aromatic nitrogens is 2. The Morgan fingerprint density at radius 3 is 2.70 bits per heavy atom. The SMILES string of the molecule is OCC(Nc1ncnc2ccsc12)c1ccccc1C(F)(F)F. The van der Waals surface area contributed by atoms with Crippen molar-refractivity contribution < 1.29 is 18.3 Å². The fraction of sp³-hybridized carbons (Fsp3) is 0.200. The fourth-order valence-corrected chi connectivity index (χ4v) is 3.14. The third-order valence-corrected chi connectivity index (χ3v) is 4.29. The van der Waals surface area contributed by atoms with Gasteiger partial charge in [-0.3, -0.25) is 0 Å². The van der Waals surface area contributed by atoms with Crippen LogP contribution in [-0.2, 0) is 6.18 Å². The smallest absolute Gasteiger partial charge is 0.394 e. The van der Waals surface area contributed by atoms with Gasteiger partial charge in [0.15, 0.2) is 0 Å². The number of anilines is 1. The number of aliphatic hydroxyl groups excluding tert-OH is 1. The fourth-order valence-electron chi connectivity index (χ4n) is 2.34. The van der Waals surface area contributed by atoms with Crippen molar-refractivity contribution in [1.82, 2.24) is 9.97 Å². The zero-order valence-corrected chi connectivity index (χ0v) is 12.5. The molecule has 0 aliphatic carbocycles. The summed E-state index contributed by atoms with van der Waals surface area (Å²) in [5.41, 5.74) is -0.0952. The first kappa shape index (κ1) is 15.7. The number of nitrogens with zero attached hydrogens (tertiary/aromatic N) is 2. The second-order valence-corrected chi connectivity index (χ2v) is 5.74. The zero-order valence-electron chi connectivity index (χ0n) is 11.7. The summed E-state index contributed by atoms with van der Waals surface area (Å²) >= 11 is 1.38. The standard InChI is InChI=1S/C15H12F3N3OS/c16-15(17,18)10-4-2-1-3-9(10)12(7-22)21-14-13-11(5-6-23-13)19-8-20-14/h1-6,8,12,22H,7H2,(H,19,20,21). The van der Waals surface area contributed by atoms with Gasteiger partial charge >= 0.3 is 6.18 Å². The van der Waals surface area contributed by atoms with Gasteiger partial charge in [-0.25, -0.2) is 9.97 Å². The molecule has 0 saturated carbocycles. The monoisotopic (exact) mass is 339 g/mol. The van der Waals surface area contributed by atoms with Gasteiger partial charge in [-0.2, -0.15) is 13.2 Å². The molecule has 0 amide bonds. The first-order valence-electron chi connectivity index (χ1n) is 6.72. The summed E-state index contributed by atoms with van der Waals surface area (Å²) in [5.74, 6) is 0.404. The molecule has 2 heterocycles. The van der Waals surface area contributed by atoms with Crippen LogP contribution in [0, 0.1) is 0 Å². The van der Waals surface area contributed by atoms with Gasteiger partial charge in [0.25, 0.3) is 0 Å². The minimum Gasteiger partial charge on any atom is -0.394 e. The number of hydrogen-bond acceptors (Lipinski definition) is 5. The molecule has 1 unspecified atom stereocenters. The Kier molecular flexibility index (Phi) is 4.18. The molecule has 1 atom stereocenters. The summed E-state index contributed by atoms with van der Waals surface area (Å²) < 4.78 is 40.2. The number of fused-ring (bicyclic) bond motifs is 1. The van der Waals surface area contributed by atoms with Crippen molar-refractivity contribution >= 4 is 27.4 Å². The van der Waals surface area contributed by atoms with Gasteiger partial charge in [0, 0.05) is 0 Å². The normalized spacial score (nSPS) is 13.2. The molecule has 0 aliphatic heterocycles. The highest BCUT2D eigenvalue weighted by Gasteiger charge is 2.35. The molecule has 8 heteroatoms. The van der Waals surface area contributed by atoms with Crippen molar-refractivity contribution in [1.29, 1.82) is 0 Å². The van der Waals surface area contributed by atoms with E-state index in [-0.39, 0.29) is 5.56 Å². The van der Waals surface area contributed by atoms with Crippen molar-refractivity contribution in [3.05, 3.63) is 53.2 Å². The summed E-state index contributed by atoms with van der Waals surface area (Å²) in [6, 6.07) is 6.06. The Morgan fingerprint density at radius 1 is 1.17 bits per heavy atom. The molecule has 2 aromatic heterocycles. The maximum absolute atomic E-state index is 13.2. The molecule has 0 bridgehead atoms. The van der Waals surface area contributed by atoms with E-state index in [1.165, 1.54) is 35.9 Å². The molecule has 1 aromatic carbocycles. The molecule has 3 rings (SSSR count). The molecular formula is C15H12F3N3OS. The van der Waals surface area contributed by atoms with E-state index in [1.54, 1.807) is 6.07 Å². The number of halogens is 3. The number of benzene rings is 1. The highest BCUT2D eigenvalue weighted by atomic mass is 32.1. The first-order chi connectivity index (χ1) is 11.0. The van der Waals surface area contributed by atoms with E-state index in [2.05, 4.69) is 15.3 Å². The third kappa shape index (κ3) is 3.13. The Hall–Kier alpha value is -2.19. The second-order valence-electron chi connectivity index (χ2n) is 4.82. The van der Waals surface area contributed by atoms with Crippen LogP contribution in [0.25, 0.3) is 10.2 Å². The quantitative estimate of drug-likeness (QED) is 0.758. The molecule has 3 aromatic rings. The van der Waals surface area contributed by atoms with E-state index < -0.39 is 24.4 Å². The lowest BCUT2D eigenvalue weighted by atomic mass is 10.0. The molecule has 120 valence electrons. The summed E-state index contributed by atoms with van der Waals surface area (Å²) in [6.07, 6.45) is -3.16. The van der Waals surface area contributed by atoms with Gasteiger partial charge in [-0.1, -0.05) is 18.2 Å². The Balaban J connectivity index is 2.00. The van der Waals surface area contributed by atoms with Crippen LogP contribution < -0.4 is 5.32 Å². The predicted molar refractivity (Wildman–Crippen MR) is 82.3 cm³/mol. The lowest BCUT2D eigenvalue weighted by Crippen LogP contribution is -2.20. The van der Waals surface area contributed by atoms with E-state index in [1.807, 2.05) is 5.38 Å². The van der Waals surface area contributed by atoms with Crippen molar-refractivity contribution in [2.45, 2.75) is 12.2 Å². The van der Waals surface area contributed by atoms with Crippen LogP contribution in [0.2, 0.25) is 0 Å². The van der Waals surface area contributed by atoms with E-state index in [9.17, 15) is 18.3 Å². The average Bonchev–Trinajstić information content (AvgIpc) is 3.01. The van der Waals surface area contributed by atoms with Gasteiger partial charge in [0.05, 0.1) is 28.4 Å². The van der Waals surface area contributed by atoms with Crippen LogP contribution in [0.5, 0.6) is 0 Å². The van der Waals surface area contributed by atoms with Crippen molar-refractivity contribution in [2.75, 3.05) is 11.9 Å². The number of alkyl halides is 3. The van der Waals surface area contributed by atoms with Crippen LogP contribution in [0.4, 0.5) is 19.0 Å². The number of rotatable bonds is 4. The van der Waals surface area contributed by atoms with Gasteiger partial charge in [-0.05, 0) is 23.1 Å². The Labute approximate surface area is 133 Å². The van der Waals surface area contributed by atoms with Crippen LogP contribution in [0.15, 0.2) is 42.0 Å². The summed E-state index contributed by atoms with van der Waals surface area (Å²) in [6.45, 7) is -0.496. The van der Waals surface area contributed by atoms with E-state index in [4.69, 9.17) is 0 Å². The number of nitrogens with one attached hydrogen (secondary N) is 1. The predicted octanol–water partition coefficient (Wildman–Crippen LogP) is 3.86. The summed E-state index contributed by atoms with van der Waals surface area (Å²) in [4.78, 5) is 8.16. The van der Waals surface area contributed by atoms with E-state index >= 15 is 0 Å². The van der Waals surface area contributed by atoms with Crippen molar-refractivity contribution in [3.8, 4) is 0 Å². The highest BCUT2D eigenvalue weighted by molar-refractivity contribution is 7.17. The van der Waals surface area contributed by atoms with E-state index in [0.717, 1.165) is 10.8 Å². The number of thiophene rings is 1. The zero-order chi connectivity index (χ0) is 16.4. The van der Waals surface area contributed by atoms with Gasteiger partial charge in [0.2, 0.25) is 0 Å². The Bertz CT molecular complexity index is 819. The molecule has 0 radical (unpaired) electrons. The van der Waals surface area contributed by atoms with Gasteiger partial charge in [0.1, 0.15) is 12.1 Å². The minimum absolute atomic E-state index is 0.0224. The third-order valence-electron chi connectivity index (χ3n) is 3.38. The number of aliphatic hydroxyl groups is 1. The van der Waals surface area contributed by atoms with Crippen LogP contribution in [-0.4, -0.2) is 21.7 Å². The molecule has 4 nitrogen and oxygen atoms in total. The lowest BCUT2D eigenvalue weighted by molar-refractivity contribution is -0.138. The van der Waals surface area contributed by atoms with Crippen LogP contribution >= 0.6 is 11.3 Å². The number of hydrogen-bond donors (Lipinski definition) is 2. The van der Waals surface area contributed by atoms with E-state index in [0.29, 0.717) is 11.3 Å². The maximum Gasteiger partial charge on any atom is 0.416 e. The summed E-state index contributed by atoms with van der Waals surface area (Å²) in [7, 11) is 0. The van der Waals surface area contributed by atoms with Gasteiger partial charge < -0.3 is 10.4 Å². The second kappa shape index (κ2) is 6.13. The summed E-state index contributed by atoms with van der Waals surface area (Å²) in [5, 5.41) is 14.3. The molecule has 23 heavy (non-hydrogen) atoms. The largest absolute Gasteiger partial charge is 0.416 e. The lowest BCUT2D eigenvalue weighted by Gasteiger charge is -2.21. The average molecular weight is 339 g/mol. The highest BCUT2D eigenvalue weighted by Crippen LogP contribution is 2.36. The van der Waals surface area contributed by atoms with Crippen LogP contribution in [0.3, 0.4) is 0 Å². The van der Waals surface area contributed by atoms with Crippen LogP contribution in [0.1, 0.15) is 17.2 Å². The molecule has 0 saturated heterocycles. The molecular weight excluding hydrogens is 327 g/mol. The molecule has 0 aliphatic rings. The molecule has 0 spiro atoms. The molecule has 0 fully saturated rings. The molecule has 2 N–H and O–H groups in total. The first-order valence-corrected chi connectivity index (χ1v) is 7.60.